The molecule has 0 aliphatic heterocycles. The minimum atomic E-state index is -0.925. The smallest absolute Gasteiger partial charge is 0.349 e. The van der Waals surface area contributed by atoms with E-state index in [1.165, 1.54) is 25.2 Å². The van der Waals surface area contributed by atoms with E-state index in [9.17, 15) is 14.4 Å². The summed E-state index contributed by atoms with van der Waals surface area (Å²) in [5.41, 5.74) is 2.06. The van der Waals surface area contributed by atoms with Crippen LogP contribution < -0.4 is 0 Å². The van der Waals surface area contributed by atoms with E-state index in [-0.39, 0.29) is 11.6 Å². The molecule has 0 spiro atoms. The third kappa shape index (κ3) is 3.01. The molecule has 0 aliphatic carbocycles. The normalized spacial score (nSPS) is 12.0. The number of rotatable bonds is 5. The lowest BCUT2D eigenvalue weighted by Crippen LogP contribution is -2.25. The van der Waals surface area contributed by atoms with Crippen LogP contribution in [-0.2, 0) is 4.74 Å². The maximum absolute atomic E-state index is 12.4. The number of Topliss-reactive ketones (excluding diaryl/α,β-unsaturated/α-hetero) is 2. The van der Waals surface area contributed by atoms with Crippen LogP contribution in [0.15, 0.2) is 17.5 Å². The summed E-state index contributed by atoms with van der Waals surface area (Å²) in [4.78, 5) is 39.3. The van der Waals surface area contributed by atoms with E-state index in [1.807, 2.05) is 0 Å². The quantitative estimate of drug-likeness (QED) is 0.677. The van der Waals surface area contributed by atoms with E-state index < -0.39 is 12.1 Å². The number of thiophene rings is 1. The van der Waals surface area contributed by atoms with Crippen molar-refractivity contribution in [1.82, 2.24) is 4.98 Å². The number of aromatic nitrogens is 1. The molecular formula is C16H17NO4S. The SMILES string of the molecule is CC(=O)c1c(C)[nH]c(C(=O)[C@@H](C)OC(=O)c2cccs2)c1C. The molecule has 2 heterocycles. The molecule has 0 bridgehead atoms. The molecule has 1 N–H and O–H groups in total. The van der Waals surface area contributed by atoms with Gasteiger partial charge in [-0.1, -0.05) is 6.07 Å². The number of hydrogen-bond acceptors (Lipinski definition) is 5. The largest absolute Gasteiger partial charge is 0.450 e. The molecule has 116 valence electrons. The van der Waals surface area contributed by atoms with Crippen molar-refractivity contribution in [2.45, 2.75) is 33.8 Å². The van der Waals surface area contributed by atoms with Crippen LogP contribution in [0.3, 0.4) is 0 Å². The molecule has 0 saturated heterocycles. The maximum atomic E-state index is 12.4. The number of H-pyrrole nitrogens is 1. The van der Waals surface area contributed by atoms with E-state index in [2.05, 4.69) is 4.98 Å². The summed E-state index contributed by atoms with van der Waals surface area (Å²) in [6.45, 7) is 6.43. The predicted molar refractivity (Wildman–Crippen MR) is 83.8 cm³/mol. The highest BCUT2D eigenvalue weighted by Crippen LogP contribution is 2.21. The van der Waals surface area contributed by atoms with E-state index in [1.54, 1.807) is 31.4 Å². The number of nitrogens with one attached hydrogen (secondary N) is 1. The molecule has 0 fully saturated rings. The fraction of sp³-hybridized carbons (Fsp3) is 0.312. The number of ketones is 2. The minimum Gasteiger partial charge on any atom is -0.450 e. The number of aromatic amines is 1. The summed E-state index contributed by atoms with van der Waals surface area (Å²) < 4.78 is 5.19. The molecule has 0 aliphatic rings. The van der Waals surface area contributed by atoms with Gasteiger partial charge in [0.2, 0.25) is 5.78 Å². The van der Waals surface area contributed by atoms with Crippen molar-refractivity contribution in [2.75, 3.05) is 0 Å². The highest BCUT2D eigenvalue weighted by atomic mass is 32.1. The Morgan fingerprint density at radius 2 is 1.95 bits per heavy atom. The summed E-state index contributed by atoms with van der Waals surface area (Å²) in [6.07, 6.45) is -0.925. The molecular weight excluding hydrogens is 302 g/mol. The Bertz CT molecular complexity index is 728. The van der Waals surface area contributed by atoms with Gasteiger partial charge in [-0.15, -0.1) is 11.3 Å². The van der Waals surface area contributed by atoms with Crippen LogP contribution >= 0.6 is 11.3 Å². The number of hydrogen-bond donors (Lipinski definition) is 1. The second-order valence-electron chi connectivity index (χ2n) is 5.07. The standard InChI is InChI=1S/C16H17NO4S/c1-8-13(10(3)18)9(2)17-14(8)15(19)11(4)21-16(20)12-6-5-7-22-12/h5-7,11,17H,1-4H3/t11-/m1/s1. The summed E-state index contributed by atoms with van der Waals surface area (Å²) in [6, 6.07) is 3.38. The number of carbonyl (C=O) groups is 3. The first-order valence-corrected chi connectivity index (χ1v) is 7.69. The van der Waals surface area contributed by atoms with Crippen molar-refractivity contribution >= 4 is 28.9 Å². The first kappa shape index (κ1) is 16.2. The van der Waals surface area contributed by atoms with Crippen LogP contribution in [-0.4, -0.2) is 28.6 Å². The Labute approximate surface area is 132 Å². The van der Waals surface area contributed by atoms with Crippen LogP contribution in [0.5, 0.6) is 0 Å². The highest BCUT2D eigenvalue weighted by Gasteiger charge is 2.26. The fourth-order valence-corrected chi connectivity index (χ4v) is 3.00. The Morgan fingerprint density at radius 1 is 1.27 bits per heavy atom. The number of carbonyl (C=O) groups excluding carboxylic acids is 3. The predicted octanol–water partition coefficient (Wildman–Crippen LogP) is 3.32. The lowest BCUT2D eigenvalue weighted by atomic mass is 10.0. The third-order valence-corrected chi connectivity index (χ3v) is 4.26. The monoisotopic (exact) mass is 319 g/mol. The molecule has 0 saturated carbocycles. The Hall–Kier alpha value is -2.21. The molecule has 0 unspecified atom stereocenters. The number of ether oxygens (including phenoxy) is 1. The van der Waals surface area contributed by atoms with Crippen molar-refractivity contribution in [3.63, 3.8) is 0 Å². The lowest BCUT2D eigenvalue weighted by molar-refractivity contribution is 0.0321. The van der Waals surface area contributed by atoms with E-state index in [4.69, 9.17) is 4.74 Å². The van der Waals surface area contributed by atoms with Crippen LogP contribution in [0.2, 0.25) is 0 Å². The van der Waals surface area contributed by atoms with Crippen LogP contribution in [0.1, 0.15) is 55.6 Å². The van der Waals surface area contributed by atoms with Crippen molar-refractivity contribution in [2.24, 2.45) is 0 Å². The Kier molecular flexibility index (Phi) is 4.61. The molecule has 2 rings (SSSR count). The van der Waals surface area contributed by atoms with Crippen molar-refractivity contribution in [1.29, 1.82) is 0 Å². The minimum absolute atomic E-state index is 0.103. The Balaban J connectivity index is 2.19. The summed E-state index contributed by atoms with van der Waals surface area (Å²) in [5.74, 6) is -0.977. The van der Waals surface area contributed by atoms with Gasteiger partial charge >= 0.3 is 5.97 Å². The average Bonchev–Trinajstić information content (AvgIpc) is 3.05. The van der Waals surface area contributed by atoms with Gasteiger partial charge in [0.25, 0.3) is 0 Å². The van der Waals surface area contributed by atoms with Crippen LogP contribution in [0.25, 0.3) is 0 Å². The van der Waals surface area contributed by atoms with Crippen LogP contribution in [0.4, 0.5) is 0 Å². The van der Waals surface area contributed by atoms with Gasteiger partial charge in [-0.2, -0.15) is 0 Å². The first-order chi connectivity index (χ1) is 10.3. The second kappa shape index (κ2) is 6.27. The molecule has 0 radical (unpaired) electrons. The highest BCUT2D eigenvalue weighted by molar-refractivity contribution is 7.11. The number of esters is 1. The zero-order valence-corrected chi connectivity index (χ0v) is 13.7. The lowest BCUT2D eigenvalue weighted by Gasteiger charge is -2.11. The molecule has 0 aromatic carbocycles. The van der Waals surface area contributed by atoms with Gasteiger partial charge in [0.15, 0.2) is 11.9 Å². The van der Waals surface area contributed by atoms with Gasteiger partial charge in [-0.25, -0.2) is 4.79 Å². The van der Waals surface area contributed by atoms with Gasteiger partial charge in [0.05, 0.1) is 5.69 Å². The van der Waals surface area contributed by atoms with Crippen LogP contribution in [0, 0.1) is 13.8 Å². The molecule has 2 aromatic heterocycles. The fourth-order valence-electron chi connectivity index (χ4n) is 2.39. The molecule has 0 amide bonds. The zero-order valence-electron chi connectivity index (χ0n) is 12.9. The van der Waals surface area contributed by atoms with E-state index in [0.29, 0.717) is 27.4 Å². The molecule has 5 nitrogen and oxygen atoms in total. The van der Waals surface area contributed by atoms with Crippen molar-refractivity contribution in [3.05, 3.63) is 44.9 Å². The van der Waals surface area contributed by atoms with Gasteiger partial charge in [-0.05, 0) is 44.7 Å². The van der Waals surface area contributed by atoms with Gasteiger partial charge in [-0.3, -0.25) is 9.59 Å². The molecule has 2 aromatic rings. The van der Waals surface area contributed by atoms with Crippen molar-refractivity contribution in [3.8, 4) is 0 Å². The molecule has 1 atom stereocenters. The summed E-state index contributed by atoms with van der Waals surface area (Å²) >= 11 is 1.26. The van der Waals surface area contributed by atoms with E-state index in [0.717, 1.165) is 0 Å². The second-order valence-corrected chi connectivity index (χ2v) is 6.02. The molecule has 22 heavy (non-hydrogen) atoms. The van der Waals surface area contributed by atoms with E-state index >= 15 is 0 Å². The third-order valence-electron chi connectivity index (χ3n) is 3.41. The van der Waals surface area contributed by atoms with Gasteiger partial charge < -0.3 is 9.72 Å². The average molecular weight is 319 g/mol. The summed E-state index contributed by atoms with van der Waals surface area (Å²) in [5, 5.41) is 1.76. The summed E-state index contributed by atoms with van der Waals surface area (Å²) in [7, 11) is 0. The van der Waals surface area contributed by atoms with Crippen molar-refractivity contribution < 1.29 is 19.1 Å². The molecule has 6 heteroatoms. The van der Waals surface area contributed by atoms with Gasteiger partial charge in [0, 0.05) is 11.3 Å². The number of aryl methyl sites for hydroxylation is 1. The Morgan fingerprint density at radius 3 is 2.45 bits per heavy atom. The first-order valence-electron chi connectivity index (χ1n) is 6.81. The zero-order chi connectivity index (χ0) is 16.4. The van der Waals surface area contributed by atoms with Gasteiger partial charge in [0.1, 0.15) is 4.88 Å². The maximum Gasteiger partial charge on any atom is 0.349 e. The topological polar surface area (TPSA) is 76.2 Å².